The van der Waals surface area contributed by atoms with E-state index in [4.69, 9.17) is 5.26 Å². The largest absolute Gasteiger partial charge is 0.192 e. The van der Waals surface area contributed by atoms with E-state index < -0.39 is 0 Å². The van der Waals surface area contributed by atoms with E-state index in [9.17, 15) is 0 Å². The number of nitriles is 1. The second-order valence-electron chi connectivity index (χ2n) is 2.84. The smallest absolute Gasteiger partial charge is 0.0994 e. The number of rotatable bonds is 1. The first-order chi connectivity index (χ1) is 5.69. The Morgan fingerprint density at radius 2 is 2.00 bits per heavy atom. The first-order valence-corrected chi connectivity index (χ1v) is 4.87. The van der Waals surface area contributed by atoms with Gasteiger partial charge in [0, 0.05) is 5.33 Å². The minimum absolute atomic E-state index is 0.775. The van der Waals surface area contributed by atoms with E-state index in [0.29, 0.717) is 0 Å². The van der Waals surface area contributed by atoms with Gasteiger partial charge in [-0.15, -0.1) is 0 Å². The van der Waals surface area contributed by atoms with Crippen molar-refractivity contribution in [3.63, 3.8) is 0 Å². The molecule has 0 amide bonds. The Bertz CT molecular complexity index is 336. The van der Waals surface area contributed by atoms with Crippen molar-refractivity contribution in [3.8, 4) is 6.07 Å². The summed E-state index contributed by atoms with van der Waals surface area (Å²) in [6.45, 7) is 3.99. The fraction of sp³-hybridized carbons (Fsp3) is 0.300. The summed E-state index contributed by atoms with van der Waals surface area (Å²) >= 11 is 3.41. The maximum absolute atomic E-state index is 8.74. The molecule has 0 radical (unpaired) electrons. The van der Waals surface area contributed by atoms with Gasteiger partial charge in [0.2, 0.25) is 0 Å². The maximum atomic E-state index is 8.74. The van der Waals surface area contributed by atoms with Gasteiger partial charge >= 0.3 is 0 Å². The molecule has 0 saturated carbocycles. The molecule has 0 heterocycles. The second kappa shape index (κ2) is 3.73. The van der Waals surface area contributed by atoms with Gasteiger partial charge in [0.05, 0.1) is 11.6 Å². The highest BCUT2D eigenvalue weighted by molar-refractivity contribution is 9.08. The van der Waals surface area contributed by atoms with E-state index in [1.807, 2.05) is 19.9 Å². The zero-order valence-electron chi connectivity index (χ0n) is 7.19. The molecular weight excluding hydrogens is 214 g/mol. The Morgan fingerprint density at radius 3 is 2.50 bits per heavy atom. The molecule has 0 N–H and O–H groups in total. The third-order valence-electron chi connectivity index (χ3n) is 1.95. The zero-order chi connectivity index (χ0) is 9.14. The highest BCUT2D eigenvalue weighted by Gasteiger charge is 2.01. The molecule has 0 aromatic heterocycles. The molecular formula is C10H10BrN. The molecule has 0 aliphatic rings. The molecule has 1 rings (SSSR count). The van der Waals surface area contributed by atoms with Crippen LogP contribution in [0, 0.1) is 25.2 Å². The third-order valence-corrected chi connectivity index (χ3v) is 2.55. The van der Waals surface area contributed by atoms with E-state index in [0.717, 1.165) is 16.5 Å². The lowest BCUT2D eigenvalue weighted by Gasteiger charge is -2.04. The van der Waals surface area contributed by atoms with Crippen molar-refractivity contribution in [1.82, 2.24) is 0 Å². The molecule has 0 spiro atoms. The number of nitrogens with zero attached hydrogens (tertiary/aromatic N) is 1. The van der Waals surface area contributed by atoms with Crippen LogP contribution in [0.1, 0.15) is 22.3 Å². The Hall–Kier alpha value is -0.810. The SMILES string of the molecule is Cc1cc(CBr)c(C)cc1C#N. The zero-order valence-corrected chi connectivity index (χ0v) is 8.77. The molecule has 0 saturated heterocycles. The summed E-state index contributed by atoms with van der Waals surface area (Å²) < 4.78 is 0. The summed E-state index contributed by atoms with van der Waals surface area (Å²) in [5, 5.41) is 9.60. The van der Waals surface area contributed by atoms with Gasteiger partial charge < -0.3 is 0 Å². The second-order valence-corrected chi connectivity index (χ2v) is 3.40. The van der Waals surface area contributed by atoms with E-state index in [2.05, 4.69) is 28.1 Å². The van der Waals surface area contributed by atoms with Gasteiger partial charge in [0.15, 0.2) is 0 Å². The molecule has 0 atom stereocenters. The van der Waals surface area contributed by atoms with Gasteiger partial charge in [-0.2, -0.15) is 5.26 Å². The van der Waals surface area contributed by atoms with Crippen LogP contribution in [0.25, 0.3) is 0 Å². The molecule has 1 nitrogen and oxygen atoms in total. The minimum atomic E-state index is 0.775. The lowest BCUT2D eigenvalue weighted by molar-refractivity contribution is 1.26. The Balaban J connectivity index is 3.28. The predicted octanol–water partition coefficient (Wildman–Crippen LogP) is 3.07. The minimum Gasteiger partial charge on any atom is -0.192 e. The molecule has 0 unspecified atom stereocenters. The fourth-order valence-corrected chi connectivity index (χ4v) is 1.74. The molecule has 62 valence electrons. The summed E-state index contributed by atoms with van der Waals surface area (Å²) in [4.78, 5) is 0. The van der Waals surface area contributed by atoms with E-state index in [1.165, 1.54) is 11.1 Å². The van der Waals surface area contributed by atoms with Crippen LogP contribution in [0.5, 0.6) is 0 Å². The fourth-order valence-electron chi connectivity index (χ4n) is 1.14. The first kappa shape index (κ1) is 9.28. The van der Waals surface area contributed by atoms with E-state index >= 15 is 0 Å². The normalized spacial score (nSPS) is 9.50. The van der Waals surface area contributed by atoms with Gasteiger partial charge in [-0.25, -0.2) is 0 Å². The number of hydrogen-bond donors (Lipinski definition) is 0. The highest BCUT2D eigenvalue weighted by atomic mass is 79.9. The summed E-state index contributed by atoms with van der Waals surface area (Å²) in [5.41, 5.74) is 4.26. The van der Waals surface area contributed by atoms with Crippen molar-refractivity contribution >= 4 is 15.9 Å². The van der Waals surface area contributed by atoms with Crippen molar-refractivity contribution in [1.29, 1.82) is 5.26 Å². The molecule has 12 heavy (non-hydrogen) atoms. The summed E-state index contributed by atoms with van der Waals surface area (Å²) in [7, 11) is 0. The summed E-state index contributed by atoms with van der Waals surface area (Å²) in [6.07, 6.45) is 0. The maximum Gasteiger partial charge on any atom is 0.0994 e. The molecule has 0 aliphatic carbocycles. The number of aryl methyl sites for hydroxylation is 2. The first-order valence-electron chi connectivity index (χ1n) is 3.75. The third kappa shape index (κ3) is 1.67. The highest BCUT2D eigenvalue weighted by Crippen LogP contribution is 2.17. The van der Waals surface area contributed by atoms with Gasteiger partial charge in [-0.05, 0) is 36.6 Å². The number of halogens is 1. The quantitative estimate of drug-likeness (QED) is 0.672. The van der Waals surface area contributed by atoms with E-state index in [1.54, 1.807) is 0 Å². The van der Waals surface area contributed by atoms with Crippen LogP contribution >= 0.6 is 15.9 Å². The Kier molecular flexibility index (Phi) is 2.88. The van der Waals surface area contributed by atoms with Crippen molar-refractivity contribution in [2.75, 3.05) is 0 Å². The Morgan fingerprint density at radius 1 is 1.33 bits per heavy atom. The topological polar surface area (TPSA) is 23.8 Å². The van der Waals surface area contributed by atoms with Crippen molar-refractivity contribution in [2.24, 2.45) is 0 Å². The molecule has 0 aliphatic heterocycles. The van der Waals surface area contributed by atoms with Crippen LogP contribution in [-0.2, 0) is 5.33 Å². The molecule has 1 aromatic carbocycles. The molecule has 1 aromatic rings. The lowest BCUT2D eigenvalue weighted by Crippen LogP contribution is -1.90. The van der Waals surface area contributed by atoms with Crippen LogP contribution in [0.15, 0.2) is 12.1 Å². The number of benzene rings is 1. The summed E-state index contributed by atoms with van der Waals surface area (Å²) in [5.74, 6) is 0. The Labute approximate surface area is 81.2 Å². The van der Waals surface area contributed by atoms with Crippen LogP contribution in [-0.4, -0.2) is 0 Å². The summed E-state index contributed by atoms with van der Waals surface area (Å²) in [6, 6.07) is 6.17. The van der Waals surface area contributed by atoms with Crippen LogP contribution in [0.4, 0.5) is 0 Å². The van der Waals surface area contributed by atoms with Crippen molar-refractivity contribution in [2.45, 2.75) is 19.2 Å². The molecule has 0 fully saturated rings. The van der Waals surface area contributed by atoms with Gasteiger partial charge in [0.1, 0.15) is 0 Å². The van der Waals surface area contributed by atoms with Gasteiger partial charge in [-0.1, -0.05) is 22.0 Å². The average Bonchev–Trinajstić information content (AvgIpc) is 2.08. The van der Waals surface area contributed by atoms with Gasteiger partial charge in [-0.3, -0.25) is 0 Å². The predicted molar refractivity (Wildman–Crippen MR) is 53.3 cm³/mol. The van der Waals surface area contributed by atoms with Crippen molar-refractivity contribution < 1.29 is 0 Å². The van der Waals surface area contributed by atoms with Crippen molar-refractivity contribution in [3.05, 3.63) is 34.4 Å². The molecule has 2 heteroatoms. The van der Waals surface area contributed by atoms with E-state index in [-0.39, 0.29) is 0 Å². The van der Waals surface area contributed by atoms with Crippen LogP contribution in [0.3, 0.4) is 0 Å². The lowest BCUT2D eigenvalue weighted by atomic mass is 10.0. The number of alkyl halides is 1. The number of hydrogen-bond acceptors (Lipinski definition) is 1. The monoisotopic (exact) mass is 223 g/mol. The standard InChI is InChI=1S/C10H10BrN/c1-7-4-10(6-12)8(2)3-9(7)5-11/h3-4H,5H2,1-2H3. The van der Waals surface area contributed by atoms with Crippen LogP contribution in [0.2, 0.25) is 0 Å². The van der Waals surface area contributed by atoms with Crippen LogP contribution < -0.4 is 0 Å². The van der Waals surface area contributed by atoms with Gasteiger partial charge in [0.25, 0.3) is 0 Å². The average molecular weight is 224 g/mol. The molecule has 0 bridgehead atoms.